The molecular formula is C8H8N3+. The Morgan fingerprint density at radius 2 is 2.18 bits per heavy atom. The van der Waals surface area contributed by atoms with Crippen LogP contribution in [0, 0.1) is 0 Å². The zero-order chi connectivity index (χ0) is 7.68. The molecular weight excluding hydrogens is 138 g/mol. The van der Waals surface area contributed by atoms with Gasteiger partial charge in [-0.05, 0) is 18.2 Å². The van der Waals surface area contributed by atoms with Gasteiger partial charge >= 0.3 is 1.43 Å². The third-order valence-corrected chi connectivity index (χ3v) is 1.51. The number of pyridine rings is 2. The monoisotopic (exact) mass is 146 g/mol. The Labute approximate surface area is 65.4 Å². The maximum atomic E-state index is 5.49. The zero-order valence-electron chi connectivity index (χ0n) is 6.86. The van der Waals surface area contributed by atoms with Crippen molar-refractivity contribution in [1.82, 2.24) is 9.97 Å². The van der Waals surface area contributed by atoms with E-state index in [0.717, 1.165) is 10.9 Å². The quantitative estimate of drug-likeness (QED) is 0.609. The first-order valence-corrected chi connectivity index (χ1v) is 3.32. The van der Waals surface area contributed by atoms with Crippen molar-refractivity contribution in [2.24, 2.45) is 0 Å². The van der Waals surface area contributed by atoms with Crippen molar-refractivity contribution < 1.29 is 1.43 Å². The van der Waals surface area contributed by atoms with Gasteiger partial charge in [-0.3, -0.25) is 4.98 Å². The minimum atomic E-state index is 0. The normalized spacial score (nSPS) is 10.2. The van der Waals surface area contributed by atoms with E-state index in [0.29, 0.717) is 5.82 Å². The van der Waals surface area contributed by atoms with Crippen LogP contribution in [0.3, 0.4) is 0 Å². The van der Waals surface area contributed by atoms with Gasteiger partial charge in [0.2, 0.25) is 0 Å². The number of hydrogen-bond acceptors (Lipinski definition) is 3. The Bertz CT molecular complexity index is 389. The summed E-state index contributed by atoms with van der Waals surface area (Å²) in [4.78, 5) is 8.08. The highest BCUT2D eigenvalue weighted by molar-refractivity contribution is 5.78. The molecule has 0 bridgehead atoms. The number of anilines is 1. The molecule has 11 heavy (non-hydrogen) atoms. The fraction of sp³-hybridized carbons (Fsp3) is 0. The van der Waals surface area contributed by atoms with Gasteiger partial charge in [0, 0.05) is 17.8 Å². The summed E-state index contributed by atoms with van der Waals surface area (Å²) in [6, 6.07) is 5.51. The van der Waals surface area contributed by atoms with Crippen LogP contribution in [0.1, 0.15) is 1.43 Å². The second-order valence-electron chi connectivity index (χ2n) is 2.30. The van der Waals surface area contributed by atoms with Gasteiger partial charge < -0.3 is 5.73 Å². The van der Waals surface area contributed by atoms with Gasteiger partial charge in [-0.15, -0.1) is 0 Å². The van der Waals surface area contributed by atoms with Crippen LogP contribution in [0.15, 0.2) is 30.6 Å². The molecule has 0 saturated heterocycles. The summed E-state index contributed by atoms with van der Waals surface area (Å²) < 4.78 is 0. The molecule has 3 nitrogen and oxygen atoms in total. The van der Waals surface area contributed by atoms with Crippen LogP contribution in [-0.2, 0) is 0 Å². The maximum absolute atomic E-state index is 5.49. The molecule has 3 heteroatoms. The van der Waals surface area contributed by atoms with Crippen molar-refractivity contribution in [1.29, 1.82) is 0 Å². The summed E-state index contributed by atoms with van der Waals surface area (Å²) >= 11 is 0. The van der Waals surface area contributed by atoms with Gasteiger partial charge in [0.1, 0.15) is 5.82 Å². The molecule has 0 unspecified atom stereocenters. The number of hydrogen-bond donors (Lipinski definition) is 1. The molecule has 0 spiro atoms. The highest BCUT2D eigenvalue weighted by atomic mass is 14.8. The van der Waals surface area contributed by atoms with Gasteiger partial charge in [0.05, 0.1) is 5.52 Å². The van der Waals surface area contributed by atoms with Crippen molar-refractivity contribution in [3.8, 4) is 0 Å². The van der Waals surface area contributed by atoms with Gasteiger partial charge in [-0.2, -0.15) is 0 Å². The van der Waals surface area contributed by atoms with Gasteiger partial charge in [-0.1, -0.05) is 0 Å². The third-order valence-electron chi connectivity index (χ3n) is 1.51. The van der Waals surface area contributed by atoms with Crippen molar-refractivity contribution in [2.45, 2.75) is 0 Å². The first-order valence-electron chi connectivity index (χ1n) is 3.32. The Balaban J connectivity index is 0.000000720. The van der Waals surface area contributed by atoms with E-state index in [-0.39, 0.29) is 1.43 Å². The topological polar surface area (TPSA) is 51.8 Å². The molecule has 2 aromatic rings. The molecule has 2 N–H and O–H groups in total. The second kappa shape index (κ2) is 2.20. The molecule has 0 saturated carbocycles. The lowest BCUT2D eigenvalue weighted by Crippen LogP contribution is -1.89. The lowest BCUT2D eigenvalue weighted by Gasteiger charge is -1.95. The number of nitrogen functional groups attached to an aromatic ring is 1. The van der Waals surface area contributed by atoms with Crippen LogP contribution in [0.2, 0.25) is 0 Å². The van der Waals surface area contributed by atoms with Crippen LogP contribution >= 0.6 is 0 Å². The van der Waals surface area contributed by atoms with E-state index < -0.39 is 0 Å². The summed E-state index contributed by atoms with van der Waals surface area (Å²) in [5.41, 5.74) is 6.38. The second-order valence-corrected chi connectivity index (χ2v) is 2.30. The number of rotatable bonds is 0. The maximum Gasteiger partial charge on any atom is 1.00 e. The van der Waals surface area contributed by atoms with Crippen LogP contribution in [-0.4, -0.2) is 9.97 Å². The summed E-state index contributed by atoms with van der Waals surface area (Å²) in [5, 5.41) is 1.02. The van der Waals surface area contributed by atoms with E-state index in [1.807, 2.05) is 12.1 Å². The smallest absolute Gasteiger partial charge is 0.384 e. The summed E-state index contributed by atoms with van der Waals surface area (Å²) in [6.07, 6.45) is 3.47. The Hall–Kier alpha value is -1.64. The lowest BCUT2D eigenvalue weighted by atomic mass is 10.3. The van der Waals surface area contributed by atoms with Crippen molar-refractivity contribution in [3.63, 3.8) is 0 Å². The number of nitrogens with zero attached hydrogens (tertiary/aromatic N) is 2. The Kier molecular flexibility index (Phi) is 1.22. The molecule has 0 fully saturated rings. The Morgan fingerprint density at radius 3 is 3.09 bits per heavy atom. The highest BCUT2D eigenvalue weighted by Crippen LogP contribution is 2.10. The molecule has 2 heterocycles. The Morgan fingerprint density at radius 1 is 1.27 bits per heavy atom. The number of nitrogens with two attached hydrogens (primary N) is 1. The highest BCUT2D eigenvalue weighted by Gasteiger charge is 1.92. The van der Waals surface area contributed by atoms with Gasteiger partial charge in [0.15, 0.2) is 0 Å². The predicted molar refractivity (Wildman–Crippen MR) is 45.1 cm³/mol. The zero-order valence-corrected chi connectivity index (χ0v) is 5.86. The van der Waals surface area contributed by atoms with E-state index in [1.54, 1.807) is 18.5 Å². The minimum absolute atomic E-state index is 0. The summed E-state index contributed by atoms with van der Waals surface area (Å²) in [7, 11) is 0. The summed E-state index contributed by atoms with van der Waals surface area (Å²) in [6.45, 7) is 0. The average Bonchev–Trinajstić information content (AvgIpc) is 2.04. The van der Waals surface area contributed by atoms with E-state index in [4.69, 9.17) is 5.73 Å². The molecule has 2 rings (SSSR count). The molecule has 0 amide bonds. The van der Waals surface area contributed by atoms with Crippen LogP contribution in [0.5, 0.6) is 0 Å². The van der Waals surface area contributed by atoms with Gasteiger partial charge in [0.25, 0.3) is 0 Å². The molecule has 2 aromatic heterocycles. The fourth-order valence-electron chi connectivity index (χ4n) is 0.981. The van der Waals surface area contributed by atoms with Gasteiger partial charge in [-0.25, -0.2) is 4.98 Å². The molecule has 54 valence electrons. The molecule has 0 aliphatic heterocycles. The minimum Gasteiger partial charge on any atom is -0.384 e. The molecule has 0 radical (unpaired) electrons. The number of aromatic nitrogens is 2. The summed E-state index contributed by atoms with van der Waals surface area (Å²) in [5.74, 6) is 0.545. The SMILES string of the molecule is Nc1ccc2cnccc2n1.[H+]. The largest absolute Gasteiger partial charge is 1.00 e. The van der Waals surface area contributed by atoms with E-state index >= 15 is 0 Å². The number of fused-ring (bicyclic) bond motifs is 1. The molecule has 0 atom stereocenters. The standard InChI is InChI=1S/C8H7N3/c9-8-2-1-6-5-10-4-3-7(6)11-8/h1-5H,(H2,9,11)/p+1. The van der Waals surface area contributed by atoms with Crippen molar-refractivity contribution in [3.05, 3.63) is 30.6 Å². The lowest BCUT2D eigenvalue weighted by molar-refractivity contribution is 1.33. The molecule has 0 aliphatic carbocycles. The first kappa shape index (κ1) is 6.09. The van der Waals surface area contributed by atoms with Crippen LogP contribution in [0.4, 0.5) is 5.82 Å². The third kappa shape index (κ3) is 1.00. The van der Waals surface area contributed by atoms with Crippen LogP contribution < -0.4 is 5.73 Å². The van der Waals surface area contributed by atoms with E-state index in [9.17, 15) is 0 Å². The van der Waals surface area contributed by atoms with E-state index in [1.165, 1.54) is 0 Å². The molecule has 0 aromatic carbocycles. The first-order chi connectivity index (χ1) is 5.36. The van der Waals surface area contributed by atoms with Crippen LogP contribution in [0.25, 0.3) is 10.9 Å². The van der Waals surface area contributed by atoms with Crippen molar-refractivity contribution in [2.75, 3.05) is 5.73 Å². The predicted octanol–water partition coefficient (Wildman–Crippen LogP) is 1.32. The fourth-order valence-corrected chi connectivity index (χ4v) is 0.981. The average molecular weight is 146 g/mol. The van der Waals surface area contributed by atoms with E-state index in [2.05, 4.69) is 9.97 Å². The van der Waals surface area contributed by atoms with Crippen molar-refractivity contribution >= 4 is 16.7 Å². The molecule has 0 aliphatic rings.